The number of thiazole rings is 1. The number of benzene rings is 1. The highest BCUT2D eigenvalue weighted by molar-refractivity contribution is 7.09. The summed E-state index contributed by atoms with van der Waals surface area (Å²) in [7, 11) is 2.87. The lowest BCUT2D eigenvalue weighted by molar-refractivity contribution is -0.148. The standard InChI is InChI=1S/C41H53N5O9S/c1-10-24-18-41(24,38(49)52-9)45-36(47)30-16-26(19-46(30)37(48)35(40(5,6)7)44-39(50)55-25-13-14-53-20-25)54-32-17-28(29-21-56-33(42-29)15-22(2)3)43-34-23(4)31(51-8)12-11-27(32)34/h10-12,17,21-22,24-26,30,35H,1,13-16,18-20H2,2-9H3,(H,44,50)(H,45,47)/t24?,25-,26+,30-,35+,41+/m0/s1. The first-order valence-electron chi connectivity index (χ1n) is 19.1. The Balaban J connectivity index is 1.35. The molecule has 3 aliphatic rings. The van der Waals surface area contributed by atoms with Crippen molar-refractivity contribution < 1.29 is 42.9 Å². The fourth-order valence-corrected chi connectivity index (χ4v) is 8.47. The minimum Gasteiger partial charge on any atom is -0.496 e. The predicted molar refractivity (Wildman–Crippen MR) is 210 cm³/mol. The van der Waals surface area contributed by atoms with Crippen LogP contribution in [0.1, 0.15) is 64.5 Å². The number of nitrogens with zero attached hydrogens (tertiary/aromatic N) is 3. The quantitative estimate of drug-likeness (QED) is 0.168. The van der Waals surface area contributed by atoms with E-state index in [1.165, 1.54) is 12.0 Å². The zero-order valence-electron chi connectivity index (χ0n) is 33.4. The number of carbonyl (C=O) groups is 4. The zero-order chi connectivity index (χ0) is 40.5. The van der Waals surface area contributed by atoms with E-state index in [0.717, 1.165) is 22.4 Å². The van der Waals surface area contributed by atoms with Gasteiger partial charge >= 0.3 is 12.1 Å². The molecule has 3 aromatic rings. The molecule has 1 unspecified atom stereocenters. The second kappa shape index (κ2) is 16.4. The van der Waals surface area contributed by atoms with E-state index in [1.807, 2.05) is 51.3 Å². The van der Waals surface area contributed by atoms with Crippen LogP contribution in [0.4, 0.5) is 4.79 Å². The van der Waals surface area contributed by atoms with E-state index in [4.69, 9.17) is 33.7 Å². The van der Waals surface area contributed by atoms with Crippen LogP contribution >= 0.6 is 11.3 Å². The maximum absolute atomic E-state index is 14.7. The van der Waals surface area contributed by atoms with Gasteiger partial charge in [0.2, 0.25) is 11.8 Å². The third-order valence-electron chi connectivity index (χ3n) is 10.6. The normalized spacial score (nSPS) is 23.8. The van der Waals surface area contributed by atoms with Crippen LogP contribution in [-0.2, 0) is 35.0 Å². The van der Waals surface area contributed by atoms with Crippen LogP contribution in [0.2, 0.25) is 0 Å². The van der Waals surface area contributed by atoms with Gasteiger partial charge in [0.05, 0.1) is 55.9 Å². The molecule has 1 aromatic carbocycles. The molecule has 2 N–H and O–H groups in total. The van der Waals surface area contributed by atoms with Crippen LogP contribution in [0, 0.1) is 24.2 Å². The first-order valence-corrected chi connectivity index (χ1v) is 19.9. The third kappa shape index (κ3) is 8.48. The Morgan fingerprint density at radius 1 is 1.12 bits per heavy atom. The maximum Gasteiger partial charge on any atom is 0.408 e. The molecule has 3 fully saturated rings. The summed E-state index contributed by atoms with van der Waals surface area (Å²) in [6.07, 6.45) is 1.58. The van der Waals surface area contributed by atoms with Crippen molar-refractivity contribution in [3.8, 4) is 22.9 Å². The molecule has 0 spiro atoms. The van der Waals surface area contributed by atoms with Gasteiger partial charge < -0.3 is 39.2 Å². The van der Waals surface area contributed by atoms with Crippen molar-refractivity contribution in [2.45, 2.75) is 97.1 Å². The van der Waals surface area contributed by atoms with Gasteiger partial charge in [0.25, 0.3) is 0 Å². The van der Waals surface area contributed by atoms with Crippen LogP contribution in [0.5, 0.6) is 11.5 Å². The Kier molecular flexibility index (Phi) is 12.0. The molecule has 15 heteroatoms. The molecule has 4 heterocycles. The molecule has 14 nitrogen and oxygen atoms in total. The number of alkyl carbamates (subject to hydrolysis) is 1. The summed E-state index contributed by atoms with van der Waals surface area (Å²) in [6, 6.07) is 3.44. The minimum atomic E-state index is -1.29. The molecular weight excluding hydrogens is 739 g/mol. The molecule has 6 rings (SSSR count). The number of fused-ring (bicyclic) bond motifs is 1. The van der Waals surface area contributed by atoms with Crippen molar-refractivity contribution in [3.05, 3.63) is 46.8 Å². The number of pyridine rings is 1. The molecule has 6 atom stereocenters. The zero-order valence-corrected chi connectivity index (χ0v) is 34.2. The number of likely N-dealkylation sites (tertiary alicyclic amines) is 1. The maximum atomic E-state index is 14.7. The summed E-state index contributed by atoms with van der Waals surface area (Å²) >= 11 is 1.58. The minimum absolute atomic E-state index is 0.0102. The summed E-state index contributed by atoms with van der Waals surface area (Å²) in [5.41, 5.74) is 0.744. The average Bonchev–Trinajstić information content (AvgIpc) is 3.57. The summed E-state index contributed by atoms with van der Waals surface area (Å²) in [5.74, 6) is -0.353. The van der Waals surface area contributed by atoms with Crippen molar-refractivity contribution >= 4 is 46.1 Å². The Morgan fingerprint density at radius 2 is 1.89 bits per heavy atom. The molecule has 2 aliphatic heterocycles. The summed E-state index contributed by atoms with van der Waals surface area (Å²) in [6.45, 7) is 16.3. The Morgan fingerprint density at radius 3 is 2.52 bits per heavy atom. The summed E-state index contributed by atoms with van der Waals surface area (Å²) in [5, 5.41) is 9.38. The molecule has 2 aromatic heterocycles. The molecule has 56 heavy (non-hydrogen) atoms. The molecule has 302 valence electrons. The van der Waals surface area contributed by atoms with Crippen molar-refractivity contribution in [2.24, 2.45) is 17.3 Å². The summed E-state index contributed by atoms with van der Waals surface area (Å²) < 4.78 is 28.4. The molecule has 1 aliphatic carbocycles. The van der Waals surface area contributed by atoms with Crippen molar-refractivity contribution in [1.82, 2.24) is 25.5 Å². The van der Waals surface area contributed by atoms with Gasteiger partial charge in [-0.1, -0.05) is 40.7 Å². The molecular formula is C41H53N5O9S. The first-order chi connectivity index (χ1) is 26.6. The number of methoxy groups -OCH3 is 2. The number of hydrogen-bond donors (Lipinski definition) is 2. The molecule has 0 bridgehead atoms. The Bertz CT molecular complexity index is 1990. The topological polar surface area (TPSA) is 168 Å². The highest BCUT2D eigenvalue weighted by Crippen LogP contribution is 2.46. The number of hydrogen-bond acceptors (Lipinski definition) is 12. The van der Waals surface area contributed by atoms with Crippen LogP contribution < -0.4 is 20.1 Å². The number of nitrogens with one attached hydrogen (secondary N) is 2. The number of aryl methyl sites for hydroxylation is 1. The fraction of sp³-hybridized carbons (Fsp3) is 0.561. The average molecular weight is 792 g/mol. The third-order valence-corrected chi connectivity index (χ3v) is 11.5. The van der Waals surface area contributed by atoms with Crippen LogP contribution in [-0.4, -0.2) is 103 Å². The van der Waals surface area contributed by atoms with E-state index < -0.39 is 59.1 Å². The first kappa shape index (κ1) is 40.9. The lowest BCUT2D eigenvalue weighted by Crippen LogP contribution is -2.59. The molecule has 0 radical (unpaired) electrons. The van der Waals surface area contributed by atoms with E-state index in [9.17, 15) is 19.2 Å². The van der Waals surface area contributed by atoms with E-state index in [0.29, 0.717) is 53.8 Å². The van der Waals surface area contributed by atoms with Gasteiger partial charge in [0.1, 0.15) is 41.3 Å². The highest BCUT2D eigenvalue weighted by Gasteiger charge is 2.62. The van der Waals surface area contributed by atoms with Crippen molar-refractivity contribution in [1.29, 1.82) is 0 Å². The monoisotopic (exact) mass is 791 g/mol. The lowest BCUT2D eigenvalue weighted by atomic mass is 9.85. The molecule has 3 amide bonds. The van der Waals surface area contributed by atoms with E-state index in [2.05, 4.69) is 31.1 Å². The van der Waals surface area contributed by atoms with Gasteiger partial charge in [-0.05, 0) is 36.8 Å². The second-order valence-corrected chi connectivity index (χ2v) is 17.3. The van der Waals surface area contributed by atoms with Gasteiger partial charge in [-0.25, -0.2) is 19.6 Å². The fourth-order valence-electron chi connectivity index (χ4n) is 7.47. The predicted octanol–water partition coefficient (Wildman–Crippen LogP) is 5.39. The summed E-state index contributed by atoms with van der Waals surface area (Å²) in [4.78, 5) is 66.4. The van der Waals surface area contributed by atoms with E-state index in [-0.39, 0.29) is 25.5 Å². The van der Waals surface area contributed by atoms with Gasteiger partial charge in [-0.15, -0.1) is 17.9 Å². The van der Waals surface area contributed by atoms with Gasteiger partial charge in [-0.3, -0.25) is 9.59 Å². The van der Waals surface area contributed by atoms with Crippen LogP contribution in [0.15, 0.2) is 36.2 Å². The van der Waals surface area contributed by atoms with Gasteiger partial charge in [0, 0.05) is 47.6 Å². The lowest BCUT2D eigenvalue weighted by Gasteiger charge is -2.35. The number of amides is 3. The molecule has 2 saturated heterocycles. The van der Waals surface area contributed by atoms with Crippen LogP contribution in [0.3, 0.4) is 0 Å². The van der Waals surface area contributed by atoms with Crippen molar-refractivity contribution in [2.75, 3.05) is 34.0 Å². The van der Waals surface area contributed by atoms with E-state index >= 15 is 0 Å². The number of ether oxygens (including phenoxy) is 5. The largest absolute Gasteiger partial charge is 0.496 e. The second-order valence-electron chi connectivity index (χ2n) is 16.3. The number of esters is 1. The smallest absolute Gasteiger partial charge is 0.408 e. The number of rotatable bonds is 13. The SMILES string of the molecule is C=CC1C[C@]1(NC(=O)[C@@H]1C[C@@H](Oc2cc(-c3csc(CC(C)C)n3)nc3c(C)c(OC)ccc23)CN1C(=O)[C@@H](NC(=O)O[C@H]1CCOC1)C(C)(C)C)C(=O)OC. The van der Waals surface area contributed by atoms with Crippen molar-refractivity contribution in [3.63, 3.8) is 0 Å². The number of carbonyl (C=O) groups excluding carboxylic acids is 4. The number of aromatic nitrogens is 2. The molecule has 1 saturated carbocycles. The Labute approximate surface area is 331 Å². The van der Waals surface area contributed by atoms with E-state index in [1.54, 1.807) is 24.5 Å². The van der Waals surface area contributed by atoms with Crippen LogP contribution in [0.25, 0.3) is 22.3 Å². The van der Waals surface area contributed by atoms with Gasteiger partial charge in [-0.2, -0.15) is 0 Å². The Hall–Kier alpha value is -4.76. The highest BCUT2D eigenvalue weighted by atomic mass is 32.1. The van der Waals surface area contributed by atoms with Gasteiger partial charge in [0.15, 0.2) is 0 Å².